The number of ether oxygens (including phenoxy) is 1. The molecule has 0 spiro atoms. The van der Waals surface area contributed by atoms with Crippen molar-refractivity contribution in [2.45, 2.75) is 53.2 Å². The summed E-state index contributed by atoms with van der Waals surface area (Å²) in [6.45, 7) is 11.5. The highest BCUT2D eigenvalue weighted by molar-refractivity contribution is 6.11. The smallest absolute Gasteiger partial charge is 0.410 e. The highest BCUT2D eigenvalue weighted by Gasteiger charge is 2.29. The summed E-state index contributed by atoms with van der Waals surface area (Å²) >= 11 is 0. The van der Waals surface area contributed by atoms with E-state index in [1.807, 2.05) is 25.7 Å². The van der Waals surface area contributed by atoms with Gasteiger partial charge in [-0.05, 0) is 69.4 Å². The Bertz CT molecular complexity index is 1070. The van der Waals surface area contributed by atoms with Crippen molar-refractivity contribution in [1.82, 2.24) is 9.47 Å². The summed E-state index contributed by atoms with van der Waals surface area (Å²) in [5.74, 6) is 0. The molecule has 0 saturated carbocycles. The third kappa shape index (κ3) is 2.78. The van der Waals surface area contributed by atoms with Crippen LogP contribution in [0.4, 0.5) is 4.79 Å². The maximum atomic E-state index is 12.6. The van der Waals surface area contributed by atoms with E-state index < -0.39 is 5.60 Å². The van der Waals surface area contributed by atoms with Crippen LogP contribution in [-0.2, 0) is 24.8 Å². The number of benzene rings is 2. The molecule has 1 aliphatic rings. The molecule has 2 aromatic carbocycles. The van der Waals surface area contributed by atoms with E-state index in [0.717, 1.165) is 6.42 Å². The summed E-state index contributed by atoms with van der Waals surface area (Å²) in [6, 6.07) is 8.57. The van der Waals surface area contributed by atoms with Gasteiger partial charge < -0.3 is 14.2 Å². The molecule has 4 heteroatoms. The Morgan fingerprint density at radius 3 is 2.48 bits per heavy atom. The van der Waals surface area contributed by atoms with Crippen LogP contribution in [0.2, 0.25) is 0 Å². The van der Waals surface area contributed by atoms with Crippen LogP contribution in [0, 0.1) is 13.8 Å². The Balaban J connectivity index is 1.87. The summed E-state index contributed by atoms with van der Waals surface area (Å²) in [5.41, 5.74) is 7.41. The van der Waals surface area contributed by atoms with Gasteiger partial charge in [0.05, 0.1) is 5.52 Å². The fraction of sp³-hybridized carbons (Fsp3) is 0.435. The Morgan fingerprint density at radius 2 is 1.78 bits per heavy atom. The van der Waals surface area contributed by atoms with Crippen molar-refractivity contribution in [3.05, 3.63) is 46.5 Å². The van der Waals surface area contributed by atoms with E-state index in [9.17, 15) is 4.79 Å². The van der Waals surface area contributed by atoms with Gasteiger partial charge in [0, 0.05) is 36.4 Å². The number of hydrogen-bond acceptors (Lipinski definition) is 2. The molecule has 0 unspecified atom stereocenters. The molecule has 142 valence electrons. The van der Waals surface area contributed by atoms with E-state index in [4.69, 9.17) is 4.74 Å². The van der Waals surface area contributed by atoms with Gasteiger partial charge in [-0.25, -0.2) is 4.79 Å². The van der Waals surface area contributed by atoms with Gasteiger partial charge in [-0.2, -0.15) is 0 Å². The highest BCUT2D eigenvalue weighted by Crippen LogP contribution is 2.39. The molecule has 0 aliphatic carbocycles. The molecule has 0 bridgehead atoms. The lowest BCUT2D eigenvalue weighted by Crippen LogP contribution is -2.40. The van der Waals surface area contributed by atoms with Crippen molar-refractivity contribution in [1.29, 1.82) is 0 Å². The fourth-order valence-electron chi connectivity index (χ4n) is 4.51. The van der Waals surface area contributed by atoms with Crippen molar-refractivity contribution >= 4 is 27.9 Å². The van der Waals surface area contributed by atoms with Gasteiger partial charge in [0.15, 0.2) is 0 Å². The van der Waals surface area contributed by atoms with Crippen LogP contribution in [0.3, 0.4) is 0 Å². The maximum Gasteiger partial charge on any atom is 0.410 e. The van der Waals surface area contributed by atoms with Crippen LogP contribution in [0.25, 0.3) is 21.8 Å². The van der Waals surface area contributed by atoms with Crippen LogP contribution in [-0.4, -0.2) is 27.7 Å². The van der Waals surface area contributed by atoms with E-state index in [1.165, 1.54) is 44.1 Å². The van der Waals surface area contributed by atoms with Gasteiger partial charge in [-0.3, -0.25) is 0 Å². The molecule has 2 heterocycles. The minimum atomic E-state index is -0.470. The second-order valence-corrected chi connectivity index (χ2v) is 8.66. The van der Waals surface area contributed by atoms with Crippen LogP contribution < -0.4 is 0 Å². The van der Waals surface area contributed by atoms with Crippen molar-refractivity contribution in [3.8, 4) is 0 Å². The zero-order valence-corrected chi connectivity index (χ0v) is 17.1. The number of carbonyl (C=O) groups is 1. The molecule has 1 amide bonds. The Kier molecular flexibility index (Phi) is 3.99. The van der Waals surface area contributed by atoms with E-state index in [0.29, 0.717) is 13.1 Å². The van der Waals surface area contributed by atoms with Crippen LogP contribution in [0.5, 0.6) is 0 Å². The fourth-order valence-corrected chi connectivity index (χ4v) is 4.51. The van der Waals surface area contributed by atoms with E-state index in [-0.39, 0.29) is 6.09 Å². The van der Waals surface area contributed by atoms with E-state index >= 15 is 0 Å². The quantitative estimate of drug-likeness (QED) is 0.546. The zero-order valence-electron chi connectivity index (χ0n) is 17.1. The largest absolute Gasteiger partial charge is 0.444 e. The number of nitrogens with zero attached hydrogens (tertiary/aromatic N) is 2. The molecular formula is C23H28N2O2. The van der Waals surface area contributed by atoms with Gasteiger partial charge in [-0.15, -0.1) is 0 Å². The molecule has 0 radical (unpaired) electrons. The van der Waals surface area contributed by atoms with Gasteiger partial charge in [0.2, 0.25) is 0 Å². The second kappa shape index (κ2) is 6.01. The minimum Gasteiger partial charge on any atom is -0.444 e. The summed E-state index contributed by atoms with van der Waals surface area (Å²) in [5, 5.41) is 2.60. The molecule has 0 N–H and O–H groups in total. The third-order valence-corrected chi connectivity index (χ3v) is 5.74. The minimum absolute atomic E-state index is 0.219. The summed E-state index contributed by atoms with van der Waals surface area (Å²) < 4.78 is 7.92. The predicted octanol–water partition coefficient (Wildman–Crippen LogP) is 5.24. The molecule has 1 aliphatic heterocycles. The molecule has 1 aromatic heterocycles. The Labute approximate surface area is 160 Å². The van der Waals surface area contributed by atoms with E-state index in [1.54, 1.807) is 0 Å². The zero-order chi connectivity index (χ0) is 19.5. The lowest BCUT2D eigenvalue weighted by atomic mass is 9.88. The van der Waals surface area contributed by atoms with Gasteiger partial charge in [0.25, 0.3) is 0 Å². The average molecular weight is 364 g/mol. The standard InChI is InChI=1S/C23H28N2O2/c1-14-18-13-25(22(26)27-23(3,4)5)12-11-16(18)15(2)21-20(14)17-9-7-8-10-19(17)24(21)6/h7-10H,11-13H2,1-6H3. The normalized spacial score (nSPS) is 14.7. The molecule has 0 atom stereocenters. The monoisotopic (exact) mass is 364 g/mol. The number of amides is 1. The third-order valence-electron chi connectivity index (χ3n) is 5.74. The number of rotatable bonds is 0. The van der Waals surface area contributed by atoms with Crippen molar-refractivity contribution in [3.63, 3.8) is 0 Å². The first-order chi connectivity index (χ1) is 12.7. The first kappa shape index (κ1) is 17.9. The Hall–Kier alpha value is -2.49. The predicted molar refractivity (Wildman–Crippen MR) is 110 cm³/mol. The molecule has 4 nitrogen and oxygen atoms in total. The lowest BCUT2D eigenvalue weighted by molar-refractivity contribution is 0.0223. The number of aromatic nitrogens is 1. The molecule has 0 fully saturated rings. The first-order valence-corrected chi connectivity index (χ1v) is 9.65. The summed E-state index contributed by atoms with van der Waals surface area (Å²) in [6.07, 6.45) is 0.654. The molecule has 3 aromatic rings. The molecule has 27 heavy (non-hydrogen) atoms. The van der Waals surface area contributed by atoms with Gasteiger partial charge in [-0.1, -0.05) is 18.2 Å². The average Bonchev–Trinajstić information content (AvgIpc) is 2.91. The number of para-hydroxylation sites is 1. The summed E-state index contributed by atoms with van der Waals surface area (Å²) in [7, 11) is 2.15. The molecule has 4 rings (SSSR count). The van der Waals surface area contributed by atoms with Gasteiger partial charge in [0.1, 0.15) is 5.60 Å². The highest BCUT2D eigenvalue weighted by atomic mass is 16.6. The SMILES string of the molecule is Cc1c2c(c(C)c3c1c1ccccc1n3C)CCN(C(=O)OC(C)(C)C)C2. The second-order valence-electron chi connectivity index (χ2n) is 8.66. The van der Waals surface area contributed by atoms with Crippen molar-refractivity contribution in [2.24, 2.45) is 7.05 Å². The number of hydrogen-bond donors (Lipinski definition) is 0. The molecular weight excluding hydrogens is 336 g/mol. The van der Waals surface area contributed by atoms with Crippen LogP contribution >= 0.6 is 0 Å². The lowest BCUT2D eigenvalue weighted by Gasteiger charge is -2.33. The number of aryl methyl sites for hydroxylation is 3. The Morgan fingerprint density at radius 1 is 1.07 bits per heavy atom. The number of carbonyl (C=O) groups excluding carboxylic acids is 1. The topological polar surface area (TPSA) is 34.5 Å². The number of fused-ring (bicyclic) bond motifs is 4. The first-order valence-electron chi connectivity index (χ1n) is 9.65. The van der Waals surface area contributed by atoms with Crippen molar-refractivity contribution in [2.75, 3.05) is 6.54 Å². The maximum absolute atomic E-state index is 12.6. The van der Waals surface area contributed by atoms with E-state index in [2.05, 4.69) is 49.7 Å². The summed E-state index contributed by atoms with van der Waals surface area (Å²) in [4.78, 5) is 14.4. The van der Waals surface area contributed by atoms with Crippen LogP contribution in [0.1, 0.15) is 43.0 Å². The molecule has 0 saturated heterocycles. The van der Waals surface area contributed by atoms with Gasteiger partial charge >= 0.3 is 6.09 Å². The van der Waals surface area contributed by atoms with Crippen LogP contribution in [0.15, 0.2) is 24.3 Å². The van der Waals surface area contributed by atoms with Crippen molar-refractivity contribution < 1.29 is 9.53 Å².